The van der Waals surface area contributed by atoms with Crippen LogP contribution in [0.4, 0.5) is 8.78 Å². The molecule has 0 saturated carbocycles. The standard InChI is InChI=1S/C15H24F2N2O2/c1-19(2)6-4-7-21-15-13(16)9-12(10-14(15)17)11-18-5-8-20-3/h9-10,18H,4-8,11H2,1-3H3. The minimum atomic E-state index is -0.664. The van der Waals surface area contributed by atoms with Gasteiger partial charge in [-0.15, -0.1) is 0 Å². The number of nitrogens with one attached hydrogen (secondary N) is 1. The Bertz CT molecular complexity index is 405. The van der Waals surface area contributed by atoms with Crippen LogP contribution in [0.3, 0.4) is 0 Å². The SMILES string of the molecule is COCCNCc1cc(F)c(OCCCN(C)C)c(F)c1. The van der Waals surface area contributed by atoms with Crippen molar-refractivity contribution in [3.8, 4) is 5.75 Å². The molecule has 0 heterocycles. The van der Waals surface area contributed by atoms with Gasteiger partial charge in [-0.2, -0.15) is 0 Å². The Morgan fingerprint density at radius 3 is 2.38 bits per heavy atom. The molecule has 0 bridgehead atoms. The van der Waals surface area contributed by atoms with Crippen molar-refractivity contribution in [2.75, 3.05) is 47.5 Å². The summed E-state index contributed by atoms with van der Waals surface area (Å²) in [4.78, 5) is 1.99. The van der Waals surface area contributed by atoms with E-state index in [-0.39, 0.29) is 12.4 Å². The van der Waals surface area contributed by atoms with Gasteiger partial charge >= 0.3 is 0 Å². The topological polar surface area (TPSA) is 33.7 Å². The van der Waals surface area contributed by atoms with Crippen LogP contribution in [0.5, 0.6) is 5.75 Å². The Morgan fingerprint density at radius 2 is 1.81 bits per heavy atom. The zero-order valence-electron chi connectivity index (χ0n) is 12.9. The third kappa shape index (κ3) is 6.84. The maximum atomic E-state index is 13.8. The maximum absolute atomic E-state index is 13.8. The van der Waals surface area contributed by atoms with Gasteiger partial charge in [0.15, 0.2) is 17.4 Å². The van der Waals surface area contributed by atoms with Crippen LogP contribution in [0.1, 0.15) is 12.0 Å². The molecule has 0 aliphatic carbocycles. The van der Waals surface area contributed by atoms with E-state index < -0.39 is 11.6 Å². The maximum Gasteiger partial charge on any atom is 0.190 e. The second kappa shape index (κ2) is 9.65. The third-order valence-corrected chi connectivity index (χ3v) is 2.87. The molecular weight excluding hydrogens is 278 g/mol. The monoisotopic (exact) mass is 302 g/mol. The third-order valence-electron chi connectivity index (χ3n) is 2.87. The summed E-state index contributed by atoms with van der Waals surface area (Å²) in [5.41, 5.74) is 0.543. The molecule has 0 aliphatic heterocycles. The summed E-state index contributed by atoms with van der Waals surface area (Å²) in [5, 5.41) is 3.04. The van der Waals surface area contributed by atoms with Gasteiger partial charge in [0.05, 0.1) is 13.2 Å². The highest BCUT2D eigenvalue weighted by Gasteiger charge is 2.12. The Kier molecular flexibility index (Phi) is 8.19. The summed E-state index contributed by atoms with van der Waals surface area (Å²) in [6.07, 6.45) is 0.714. The fourth-order valence-electron chi connectivity index (χ4n) is 1.81. The normalized spacial score (nSPS) is 11.1. The highest BCUT2D eigenvalue weighted by Crippen LogP contribution is 2.23. The van der Waals surface area contributed by atoms with Crippen LogP contribution in [0.2, 0.25) is 0 Å². The molecule has 1 rings (SSSR count). The lowest BCUT2D eigenvalue weighted by atomic mass is 10.2. The molecule has 0 saturated heterocycles. The summed E-state index contributed by atoms with van der Waals surface area (Å²) in [6, 6.07) is 2.59. The second-order valence-electron chi connectivity index (χ2n) is 5.06. The average Bonchev–Trinajstić information content (AvgIpc) is 2.41. The van der Waals surface area contributed by atoms with Crippen molar-refractivity contribution < 1.29 is 18.3 Å². The number of nitrogens with zero attached hydrogens (tertiary/aromatic N) is 1. The van der Waals surface area contributed by atoms with Crippen molar-refractivity contribution in [3.63, 3.8) is 0 Å². The van der Waals surface area contributed by atoms with Crippen LogP contribution in [0.15, 0.2) is 12.1 Å². The molecule has 21 heavy (non-hydrogen) atoms. The van der Waals surface area contributed by atoms with E-state index in [9.17, 15) is 8.78 Å². The lowest BCUT2D eigenvalue weighted by molar-refractivity contribution is 0.199. The van der Waals surface area contributed by atoms with Gasteiger partial charge in [0.25, 0.3) is 0 Å². The molecule has 6 heteroatoms. The summed E-state index contributed by atoms with van der Waals surface area (Å²) in [6.45, 7) is 2.67. The quantitative estimate of drug-likeness (QED) is 0.671. The molecule has 0 unspecified atom stereocenters. The number of rotatable bonds is 10. The molecule has 0 atom stereocenters. The van der Waals surface area contributed by atoms with Crippen molar-refractivity contribution in [3.05, 3.63) is 29.3 Å². The van der Waals surface area contributed by atoms with Gasteiger partial charge in [-0.3, -0.25) is 0 Å². The molecule has 4 nitrogen and oxygen atoms in total. The Labute approximate surface area is 125 Å². The molecule has 0 fully saturated rings. The lowest BCUT2D eigenvalue weighted by Crippen LogP contribution is -2.19. The molecule has 0 aromatic heterocycles. The van der Waals surface area contributed by atoms with Crippen LogP contribution in [0, 0.1) is 11.6 Å². The molecule has 1 N–H and O–H groups in total. The van der Waals surface area contributed by atoms with Gasteiger partial charge in [0.2, 0.25) is 0 Å². The van der Waals surface area contributed by atoms with Crippen molar-refractivity contribution in [2.24, 2.45) is 0 Å². The minimum absolute atomic E-state index is 0.289. The Hall–Kier alpha value is -1.24. The van der Waals surface area contributed by atoms with Crippen molar-refractivity contribution in [1.82, 2.24) is 10.2 Å². The number of ether oxygens (including phenoxy) is 2. The van der Waals surface area contributed by atoms with E-state index in [4.69, 9.17) is 9.47 Å². The van der Waals surface area contributed by atoms with Crippen LogP contribution in [0.25, 0.3) is 0 Å². The molecule has 1 aromatic rings. The van der Waals surface area contributed by atoms with Gasteiger partial charge in [0.1, 0.15) is 0 Å². The van der Waals surface area contributed by atoms with E-state index in [0.717, 1.165) is 6.54 Å². The van der Waals surface area contributed by atoms with Crippen molar-refractivity contribution in [1.29, 1.82) is 0 Å². The highest BCUT2D eigenvalue weighted by atomic mass is 19.1. The van der Waals surface area contributed by atoms with E-state index >= 15 is 0 Å². The van der Waals surface area contributed by atoms with Gasteiger partial charge in [-0.1, -0.05) is 0 Å². The van der Waals surface area contributed by atoms with Crippen LogP contribution in [-0.4, -0.2) is 52.4 Å². The number of hydrogen-bond acceptors (Lipinski definition) is 4. The van der Waals surface area contributed by atoms with Crippen molar-refractivity contribution in [2.45, 2.75) is 13.0 Å². The van der Waals surface area contributed by atoms with Gasteiger partial charge in [0, 0.05) is 26.7 Å². The first kappa shape index (κ1) is 17.8. The van der Waals surface area contributed by atoms with E-state index in [1.807, 2.05) is 19.0 Å². The fraction of sp³-hybridized carbons (Fsp3) is 0.600. The molecular formula is C15H24F2N2O2. The predicted octanol–water partition coefficient (Wildman–Crippen LogP) is 2.03. The zero-order valence-corrected chi connectivity index (χ0v) is 12.9. The number of benzene rings is 1. The average molecular weight is 302 g/mol. The smallest absolute Gasteiger partial charge is 0.190 e. The molecule has 0 amide bonds. The summed E-state index contributed by atoms with van der Waals surface area (Å²) in [5.74, 6) is -1.62. The Balaban J connectivity index is 2.50. The summed E-state index contributed by atoms with van der Waals surface area (Å²) >= 11 is 0. The lowest BCUT2D eigenvalue weighted by Gasteiger charge is -2.12. The predicted molar refractivity (Wildman–Crippen MR) is 78.6 cm³/mol. The first-order valence-corrected chi connectivity index (χ1v) is 6.99. The van der Waals surface area contributed by atoms with Crippen LogP contribution in [-0.2, 0) is 11.3 Å². The zero-order chi connectivity index (χ0) is 15.7. The number of hydrogen-bond donors (Lipinski definition) is 1. The van der Waals surface area contributed by atoms with E-state index in [2.05, 4.69) is 5.32 Å². The summed E-state index contributed by atoms with van der Waals surface area (Å²) < 4.78 is 37.8. The first-order valence-electron chi connectivity index (χ1n) is 6.99. The highest BCUT2D eigenvalue weighted by molar-refractivity contribution is 5.31. The number of halogens is 2. The van der Waals surface area contributed by atoms with Crippen LogP contribution >= 0.6 is 0 Å². The molecule has 0 aliphatic rings. The van der Waals surface area contributed by atoms with Gasteiger partial charge < -0.3 is 19.7 Å². The van der Waals surface area contributed by atoms with Crippen LogP contribution < -0.4 is 10.1 Å². The van der Waals surface area contributed by atoms with Gasteiger partial charge in [-0.25, -0.2) is 8.78 Å². The van der Waals surface area contributed by atoms with Crippen molar-refractivity contribution >= 4 is 0 Å². The fourth-order valence-corrected chi connectivity index (χ4v) is 1.81. The molecule has 0 radical (unpaired) electrons. The van der Waals surface area contributed by atoms with E-state index in [1.54, 1.807) is 7.11 Å². The van der Waals surface area contributed by atoms with E-state index in [0.29, 0.717) is 31.7 Å². The van der Waals surface area contributed by atoms with E-state index in [1.165, 1.54) is 12.1 Å². The largest absolute Gasteiger partial charge is 0.488 e. The summed E-state index contributed by atoms with van der Waals surface area (Å²) in [7, 11) is 5.47. The second-order valence-corrected chi connectivity index (χ2v) is 5.06. The molecule has 0 spiro atoms. The minimum Gasteiger partial charge on any atom is -0.488 e. The first-order chi connectivity index (χ1) is 10.0. The Morgan fingerprint density at radius 1 is 1.14 bits per heavy atom. The number of methoxy groups -OCH3 is 1. The van der Waals surface area contributed by atoms with Gasteiger partial charge in [-0.05, 0) is 38.2 Å². The molecule has 1 aromatic carbocycles. The molecule has 120 valence electrons.